The SMILES string of the molecule is C#CC(NC)c1cc2ccccc2s1. The highest BCUT2D eigenvalue weighted by atomic mass is 32.1. The Bertz CT molecular complexity index is 445. The van der Waals surface area contributed by atoms with Gasteiger partial charge < -0.3 is 5.32 Å². The Morgan fingerprint density at radius 1 is 1.43 bits per heavy atom. The molecule has 0 amide bonds. The Balaban J connectivity index is 2.50. The van der Waals surface area contributed by atoms with Crippen molar-refractivity contribution in [1.29, 1.82) is 0 Å². The molecule has 1 atom stereocenters. The molecule has 1 nitrogen and oxygen atoms in total. The molecular weight excluding hydrogens is 190 g/mol. The largest absolute Gasteiger partial charge is 0.302 e. The van der Waals surface area contributed by atoms with Crippen molar-refractivity contribution in [1.82, 2.24) is 5.32 Å². The average Bonchev–Trinajstić information content (AvgIpc) is 2.63. The van der Waals surface area contributed by atoms with Crippen LogP contribution in [0.3, 0.4) is 0 Å². The minimum atomic E-state index is 0.0346. The van der Waals surface area contributed by atoms with E-state index in [-0.39, 0.29) is 6.04 Å². The minimum Gasteiger partial charge on any atom is -0.302 e. The number of terminal acetylenes is 1. The summed E-state index contributed by atoms with van der Waals surface area (Å²) in [6, 6.07) is 10.5. The number of hydrogen-bond acceptors (Lipinski definition) is 2. The number of thiophene rings is 1. The fraction of sp³-hybridized carbons (Fsp3) is 0.167. The topological polar surface area (TPSA) is 12.0 Å². The molecule has 2 rings (SSSR count). The van der Waals surface area contributed by atoms with Crippen molar-refractivity contribution in [3.05, 3.63) is 35.2 Å². The zero-order valence-electron chi connectivity index (χ0n) is 7.95. The van der Waals surface area contributed by atoms with Gasteiger partial charge in [0.25, 0.3) is 0 Å². The van der Waals surface area contributed by atoms with E-state index in [2.05, 4.69) is 29.4 Å². The van der Waals surface area contributed by atoms with Gasteiger partial charge in [-0.1, -0.05) is 24.1 Å². The molecule has 14 heavy (non-hydrogen) atoms. The monoisotopic (exact) mass is 201 g/mol. The zero-order chi connectivity index (χ0) is 9.97. The molecule has 1 heterocycles. The molecule has 0 aliphatic rings. The van der Waals surface area contributed by atoms with Gasteiger partial charge in [-0.05, 0) is 24.6 Å². The summed E-state index contributed by atoms with van der Waals surface area (Å²) < 4.78 is 1.29. The van der Waals surface area contributed by atoms with Crippen molar-refractivity contribution in [2.45, 2.75) is 6.04 Å². The summed E-state index contributed by atoms with van der Waals surface area (Å²) in [5.74, 6) is 2.73. The van der Waals surface area contributed by atoms with E-state index in [1.54, 1.807) is 11.3 Å². The standard InChI is InChI=1S/C12H11NS/c1-3-10(13-2)12-8-9-6-4-5-7-11(9)14-12/h1,4-8,10,13H,2H3. The highest BCUT2D eigenvalue weighted by molar-refractivity contribution is 7.19. The molecule has 0 saturated heterocycles. The summed E-state index contributed by atoms with van der Waals surface area (Å²) in [5.41, 5.74) is 0. The highest BCUT2D eigenvalue weighted by Gasteiger charge is 2.08. The molecule has 0 fully saturated rings. The van der Waals surface area contributed by atoms with Crippen LogP contribution in [0.25, 0.3) is 10.1 Å². The fourth-order valence-electron chi connectivity index (χ4n) is 1.45. The Morgan fingerprint density at radius 2 is 2.21 bits per heavy atom. The maximum atomic E-state index is 5.43. The van der Waals surface area contributed by atoms with Crippen molar-refractivity contribution >= 4 is 21.4 Å². The lowest BCUT2D eigenvalue weighted by atomic mass is 10.2. The minimum absolute atomic E-state index is 0.0346. The predicted octanol–water partition coefficient (Wildman–Crippen LogP) is 2.80. The number of nitrogens with one attached hydrogen (secondary N) is 1. The Kier molecular flexibility index (Phi) is 2.53. The van der Waals surface area contributed by atoms with Gasteiger partial charge >= 0.3 is 0 Å². The summed E-state index contributed by atoms with van der Waals surface area (Å²) >= 11 is 1.75. The van der Waals surface area contributed by atoms with Gasteiger partial charge in [-0.3, -0.25) is 0 Å². The van der Waals surface area contributed by atoms with Crippen molar-refractivity contribution in [2.75, 3.05) is 7.05 Å². The molecule has 0 aliphatic heterocycles. The van der Waals surface area contributed by atoms with Crippen LogP contribution in [0.2, 0.25) is 0 Å². The van der Waals surface area contributed by atoms with Gasteiger partial charge in [0.05, 0.1) is 0 Å². The van der Waals surface area contributed by atoms with E-state index < -0.39 is 0 Å². The molecule has 1 aromatic heterocycles. The summed E-state index contributed by atoms with van der Waals surface area (Å²) in [6.07, 6.45) is 5.43. The van der Waals surface area contributed by atoms with E-state index in [9.17, 15) is 0 Å². The number of fused-ring (bicyclic) bond motifs is 1. The fourth-order valence-corrected chi connectivity index (χ4v) is 2.59. The lowest BCUT2D eigenvalue weighted by Crippen LogP contribution is -2.12. The Morgan fingerprint density at radius 3 is 2.86 bits per heavy atom. The first kappa shape index (κ1) is 9.26. The van der Waals surface area contributed by atoms with Crippen LogP contribution in [0.4, 0.5) is 0 Å². The molecule has 0 saturated carbocycles. The molecule has 0 bridgehead atoms. The van der Waals surface area contributed by atoms with Gasteiger partial charge in [0.1, 0.15) is 6.04 Å². The number of rotatable bonds is 2. The predicted molar refractivity (Wildman–Crippen MR) is 62.5 cm³/mol. The molecule has 70 valence electrons. The van der Waals surface area contributed by atoms with E-state index in [0.717, 1.165) is 0 Å². The maximum Gasteiger partial charge on any atom is 0.103 e. The van der Waals surface area contributed by atoms with E-state index in [0.29, 0.717) is 0 Å². The molecule has 1 N–H and O–H groups in total. The summed E-state index contributed by atoms with van der Waals surface area (Å²) in [4.78, 5) is 1.20. The van der Waals surface area contributed by atoms with Crippen LogP contribution in [0, 0.1) is 12.3 Å². The summed E-state index contributed by atoms with van der Waals surface area (Å²) in [6.45, 7) is 0. The van der Waals surface area contributed by atoms with Gasteiger partial charge in [-0.2, -0.15) is 0 Å². The van der Waals surface area contributed by atoms with Crippen LogP contribution in [0.1, 0.15) is 10.9 Å². The van der Waals surface area contributed by atoms with Gasteiger partial charge in [0, 0.05) is 9.58 Å². The molecule has 0 aliphatic carbocycles. The molecule has 0 spiro atoms. The second-order valence-electron chi connectivity index (χ2n) is 3.07. The van der Waals surface area contributed by atoms with E-state index in [4.69, 9.17) is 6.42 Å². The Labute approximate surface area is 87.8 Å². The second-order valence-corrected chi connectivity index (χ2v) is 4.19. The van der Waals surface area contributed by atoms with Crippen molar-refractivity contribution in [3.63, 3.8) is 0 Å². The van der Waals surface area contributed by atoms with E-state index in [1.807, 2.05) is 19.2 Å². The number of hydrogen-bond donors (Lipinski definition) is 1. The van der Waals surface area contributed by atoms with Crippen LogP contribution in [0.5, 0.6) is 0 Å². The van der Waals surface area contributed by atoms with Crippen molar-refractivity contribution in [3.8, 4) is 12.3 Å². The first-order chi connectivity index (χ1) is 6.85. The van der Waals surface area contributed by atoms with Crippen LogP contribution < -0.4 is 5.32 Å². The van der Waals surface area contributed by atoms with Crippen molar-refractivity contribution in [2.24, 2.45) is 0 Å². The quantitative estimate of drug-likeness (QED) is 0.737. The lowest BCUT2D eigenvalue weighted by molar-refractivity contribution is 0.750. The van der Waals surface area contributed by atoms with E-state index in [1.165, 1.54) is 15.0 Å². The first-order valence-electron chi connectivity index (χ1n) is 4.47. The first-order valence-corrected chi connectivity index (χ1v) is 5.28. The summed E-state index contributed by atoms with van der Waals surface area (Å²) in [5, 5.41) is 4.37. The van der Waals surface area contributed by atoms with Crippen molar-refractivity contribution < 1.29 is 0 Å². The average molecular weight is 201 g/mol. The number of benzene rings is 1. The molecule has 0 radical (unpaired) electrons. The van der Waals surface area contributed by atoms with Crippen LogP contribution in [-0.4, -0.2) is 7.05 Å². The van der Waals surface area contributed by atoms with Crippen LogP contribution in [-0.2, 0) is 0 Å². The normalized spacial score (nSPS) is 12.6. The van der Waals surface area contributed by atoms with Gasteiger partial charge in [-0.25, -0.2) is 0 Å². The van der Waals surface area contributed by atoms with Gasteiger partial charge in [0.15, 0.2) is 0 Å². The van der Waals surface area contributed by atoms with Crippen LogP contribution >= 0.6 is 11.3 Å². The molecule has 2 aromatic rings. The molecule has 1 aromatic carbocycles. The zero-order valence-corrected chi connectivity index (χ0v) is 8.77. The van der Waals surface area contributed by atoms with Gasteiger partial charge in [-0.15, -0.1) is 17.8 Å². The molecule has 2 heteroatoms. The highest BCUT2D eigenvalue weighted by Crippen LogP contribution is 2.29. The third-order valence-electron chi connectivity index (χ3n) is 2.18. The Hall–Kier alpha value is -1.30. The molecular formula is C12H11NS. The van der Waals surface area contributed by atoms with E-state index >= 15 is 0 Å². The van der Waals surface area contributed by atoms with Crippen LogP contribution in [0.15, 0.2) is 30.3 Å². The maximum absolute atomic E-state index is 5.43. The third kappa shape index (κ3) is 1.52. The third-order valence-corrected chi connectivity index (χ3v) is 3.37. The second kappa shape index (κ2) is 3.83. The van der Waals surface area contributed by atoms with Gasteiger partial charge in [0.2, 0.25) is 0 Å². The molecule has 1 unspecified atom stereocenters. The summed E-state index contributed by atoms with van der Waals surface area (Å²) in [7, 11) is 1.88. The smallest absolute Gasteiger partial charge is 0.103 e. The lowest BCUT2D eigenvalue weighted by Gasteiger charge is -2.04.